The van der Waals surface area contributed by atoms with Crippen LogP contribution in [0.25, 0.3) is 11.1 Å². The van der Waals surface area contributed by atoms with Crippen LogP contribution in [0, 0.1) is 5.82 Å². The number of hydrogen-bond acceptors (Lipinski definition) is 4. The van der Waals surface area contributed by atoms with Crippen molar-refractivity contribution >= 4 is 0 Å². The summed E-state index contributed by atoms with van der Waals surface area (Å²) in [6, 6.07) is 15.4. The summed E-state index contributed by atoms with van der Waals surface area (Å²) >= 11 is 0. The van der Waals surface area contributed by atoms with Crippen molar-refractivity contribution in [1.82, 2.24) is 25.0 Å². The van der Waals surface area contributed by atoms with E-state index in [1.54, 1.807) is 6.07 Å². The van der Waals surface area contributed by atoms with Crippen molar-refractivity contribution in [3.8, 4) is 11.1 Å². The van der Waals surface area contributed by atoms with Gasteiger partial charge in [0, 0.05) is 25.2 Å². The molecule has 6 heteroatoms. The molecule has 1 fully saturated rings. The minimum Gasteiger partial charge on any atom is -0.311 e. The Bertz CT molecular complexity index is 992. The van der Waals surface area contributed by atoms with E-state index in [1.807, 2.05) is 30.3 Å². The van der Waals surface area contributed by atoms with Crippen molar-refractivity contribution in [1.29, 1.82) is 0 Å². The highest BCUT2D eigenvalue weighted by Crippen LogP contribution is 2.29. The van der Waals surface area contributed by atoms with Gasteiger partial charge in [0.2, 0.25) is 0 Å². The molecule has 29 heavy (non-hydrogen) atoms. The van der Waals surface area contributed by atoms with Gasteiger partial charge in [0.05, 0.1) is 12.6 Å². The van der Waals surface area contributed by atoms with Crippen molar-refractivity contribution in [3.05, 3.63) is 71.6 Å². The minimum atomic E-state index is -0.178. The summed E-state index contributed by atoms with van der Waals surface area (Å²) in [7, 11) is 0. The molecule has 0 spiro atoms. The summed E-state index contributed by atoms with van der Waals surface area (Å²) in [6.07, 6.45) is 3.63. The Balaban J connectivity index is 1.35. The molecule has 1 saturated heterocycles. The maximum Gasteiger partial charge on any atom is 0.150 e. The molecule has 0 radical (unpaired) electrons. The molecular formula is C23H26FN5. The third kappa shape index (κ3) is 3.70. The predicted octanol–water partition coefficient (Wildman–Crippen LogP) is 3.91. The zero-order valence-electron chi connectivity index (χ0n) is 16.5. The van der Waals surface area contributed by atoms with Gasteiger partial charge >= 0.3 is 0 Å². The quantitative estimate of drug-likeness (QED) is 0.732. The van der Waals surface area contributed by atoms with E-state index in [2.05, 4.69) is 31.0 Å². The second-order valence-corrected chi connectivity index (χ2v) is 7.98. The number of fused-ring (bicyclic) bond motifs is 1. The maximum atomic E-state index is 14.4. The van der Waals surface area contributed by atoms with E-state index in [-0.39, 0.29) is 5.82 Å². The molecule has 1 N–H and O–H groups in total. The molecular weight excluding hydrogens is 365 g/mol. The van der Waals surface area contributed by atoms with Crippen LogP contribution in [0.5, 0.6) is 0 Å². The van der Waals surface area contributed by atoms with Gasteiger partial charge in [-0.05, 0) is 36.6 Å². The number of nitrogens with one attached hydrogen (secondary N) is 1. The average Bonchev–Trinajstić information content (AvgIpc) is 3.19. The highest BCUT2D eigenvalue weighted by atomic mass is 19.1. The van der Waals surface area contributed by atoms with Crippen LogP contribution >= 0.6 is 0 Å². The van der Waals surface area contributed by atoms with Gasteiger partial charge in [-0.1, -0.05) is 48.9 Å². The average molecular weight is 391 g/mol. The van der Waals surface area contributed by atoms with Crippen LogP contribution in [0.4, 0.5) is 4.39 Å². The summed E-state index contributed by atoms with van der Waals surface area (Å²) in [5.41, 5.74) is 2.76. The summed E-state index contributed by atoms with van der Waals surface area (Å²) in [5, 5.41) is 12.6. The number of halogens is 1. The summed E-state index contributed by atoms with van der Waals surface area (Å²) in [6.45, 7) is 4.44. The van der Waals surface area contributed by atoms with Crippen LogP contribution in [0.1, 0.15) is 42.5 Å². The van der Waals surface area contributed by atoms with Crippen LogP contribution in [-0.4, -0.2) is 32.8 Å². The van der Waals surface area contributed by atoms with E-state index in [9.17, 15) is 4.39 Å². The molecule has 2 aliphatic rings. The SMILES string of the molecule is Fc1ccccc1-c1ccccc1CN1CCn2c(nnc2[C@H]2CCCCN2)C1. The maximum absolute atomic E-state index is 14.4. The van der Waals surface area contributed by atoms with E-state index >= 15 is 0 Å². The highest BCUT2D eigenvalue weighted by Gasteiger charge is 2.26. The van der Waals surface area contributed by atoms with Crippen molar-refractivity contribution < 1.29 is 4.39 Å². The molecule has 1 atom stereocenters. The smallest absolute Gasteiger partial charge is 0.150 e. The van der Waals surface area contributed by atoms with Gasteiger partial charge in [0.15, 0.2) is 0 Å². The Morgan fingerprint density at radius 2 is 1.79 bits per heavy atom. The second kappa shape index (κ2) is 8.05. The molecule has 3 aromatic rings. The topological polar surface area (TPSA) is 46.0 Å². The lowest BCUT2D eigenvalue weighted by atomic mass is 9.98. The molecule has 5 rings (SSSR count). The minimum absolute atomic E-state index is 0.178. The van der Waals surface area contributed by atoms with Crippen molar-refractivity contribution in [2.24, 2.45) is 0 Å². The zero-order valence-corrected chi connectivity index (χ0v) is 16.5. The van der Waals surface area contributed by atoms with Crippen LogP contribution in [0.3, 0.4) is 0 Å². The lowest BCUT2D eigenvalue weighted by Crippen LogP contribution is -2.36. The second-order valence-electron chi connectivity index (χ2n) is 7.98. The van der Waals surface area contributed by atoms with Crippen LogP contribution in [0.2, 0.25) is 0 Å². The largest absolute Gasteiger partial charge is 0.311 e. The van der Waals surface area contributed by atoms with Gasteiger partial charge in [0.1, 0.15) is 17.5 Å². The van der Waals surface area contributed by atoms with Crippen molar-refractivity contribution in [2.45, 2.75) is 44.9 Å². The summed E-state index contributed by atoms with van der Waals surface area (Å²) < 4.78 is 16.7. The van der Waals surface area contributed by atoms with Gasteiger partial charge < -0.3 is 9.88 Å². The van der Waals surface area contributed by atoms with Gasteiger partial charge in [-0.3, -0.25) is 4.90 Å². The molecule has 3 heterocycles. The molecule has 0 bridgehead atoms. The number of piperidine rings is 1. The number of aromatic nitrogens is 3. The van der Waals surface area contributed by atoms with Gasteiger partial charge in [-0.15, -0.1) is 10.2 Å². The molecule has 5 nitrogen and oxygen atoms in total. The Kier molecular flexibility index (Phi) is 5.12. The lowest BCUT2D eigenvalue weighted by Gasteiger charge is -2.30. The van der Waals surface area contributed by atoms with Gasteiger partial charge in [-0.25, -0.2) is 4.39 Å². The van der Waals surface area contributed by atoms with Gasteiger partial charge in [-0.2, -0.15) is 0 Å². The lowest BCUT2D eigenvalue weighted by molar-refractivity contribution is 0.205. The Morgan fingerprint density at radius 1 is 0.966 bits per heavy atom. The van der Waals surface area contributed by atoms with Crippen LogP contribution < -0.4 is 5.32 Å². The number of benzene rings is 2. The third-order valence-electron chi connectivity index (χ3n) is 6.06. The first-order chi connectivity index (χ1) is 14.3. The molecule has 2 aromatic carbocycles. The Hall–Kier alpha value is -2.57. The third-order valence-corrected chi connectivity index (χ3v) is 6.06. The van der Waals surface area contributed by atoms with E-state index < -0.39 is 0 Å². The molecule has 150 valence electrons. The van der Waals surface area contributed by atoms with E-state index in [0.29, 0.717) is 11.6 Å². The fraction of sp³-hybridized carbons (Fsp3) is 0.391. The Morgan fingerprint density at radius 3 is 2.62 bits per heavy atom. The van der Waals surface area contributed by atoms with Crippen LogP contribution in [0.15, 0.2) is 48.5 Å². The van der Waals surface area contributed by atoms with Crippen molar-refractivity contribution in [3.63, 3.8) is 0 Å². The molecule has 1 aromatic heterocycles. The monoisotopic (exact) mass is 391 g/mol. The molecule has 0 amide bonds. The predicted molar refractivity (Wildman–Crippen MR) is 111 cm³/mol. The number of rotatable bonds is 4. The zero-order chi connectivity index (χ0) is 19.6. The number of hydrogen-bond donors (Lipinski definition) is 1. The molecule has 2 aliphatic heterocycles. The van der Waals surface area contributed by atoms with E-state index in [1.165, 1.54) is 18.9 Å². The van der Waals surface area contributed by atoms with E-state index in [0.717, 1.165) is 61.9 Å². The highest BCUT2D eigenvalue weighted by molar-refractivity contribution is 5.67. The first kappa shape index (κ1) is 18.5. The normalized spacial score (nSPS) is 19.8. The van der Waals surface area contributed by atoms with Gasteiger partial charge in [0.25, 0.3) is 0 Å². The first-order valence-electron chi connectivity index (χ1n) is 10.5. The fourth-order valence-electron chi connectivity index (χ4n) is 4.54. The Labute approximate surface area is 170 Å². The molecule has 0 unspecified atom stereocenters. The standard InChI is InChI=1S/C23H26FN5/c24-20-10-4-3-9-19(20)18-8-2-1-7-17(18)15-28-13-14-29-22(16-28)26-27-23(29)21-11-5-6-12-25-21/h1-4,7-10,21,25H,5-6,11-16H2/t21-/m1/s1. The number of nitrogens with zero attached hydrogens (tertiary/aromatic N) is 4. The fourth-order valence-corrected chi connectivity index (χ4v) is 4.54. The molecule has 0 saturated carbocycles. The van der Waals surface area contributed by atoms with Crippen molar-refractivity contribution in [2.75, 3.05) is 13.1 Å². The summed E-state index contributed by atoms with van der Waals surface area (Å²) in [5.74, 6) is 1.94. The van der Waals surface area contributed by atoms with E-state index in [4.69, 9.17) is 0 Å². The first-order valence-corrected chi connectivity index (χ1v) is 10.5. The molecule has 0 aliphatic carbocycles. The summed E-state index contributed by atoms with van der Waals surface area (Å²) in [4.78, 5) is 2.38. The van der Waals surface area contributed by atoms with Crippen LogP contribution in [-0.2, 0) is 19.6 Å².